The molecule has 0 aliphatic rings. The van der Waals surface area contributed by atoms with Crippen molar-refractivity contribution in [1.82, 2.24) is 23.6 Å². The fourth-order valence-corrected chi connectivity index (χ4v) is 3.78. The summed E-state index contributed by atoms with van der Waals surface area (Å²) >= 11 is 1.04. The summed E-state index contributed by atoms with van der Waals surface area (Å²) in [5.74, 6) is -0.199. The molecule has 0 bridgehead atoms. The third-order valence-electron chi connectivity index (χ3n) is 4.74. The van der Waals surface area contributed by atoms with Gasteiger partial charge in [-0.05, 0) is 30.3 Å². The first-order chi connectivity index (χ1) is 14.7. The average Bonchev–Trinajstić information content (AvgIpc) is 3.16. The topological polar surface area (TPSA) is 111 Å². The van der Waals surface area contributed by atoms with Crippen LogP contribution in [0.1, 0.15) is 12.8 Å². The van der Waals surface area contributed by atoms with Crippen LogP contribution in [0.2, 0.25) is 0 Å². The molecule has 0 saturated heterocycles. The molecule has 1 N–H and O–H groups in total. The molecule has 0 saturated carbocycles. The predicted molar refractivity (Wildman–Crippen MR) is 119 cm³/mol. The minimum Gasteiger partial charge on any atom is -0.339 e. The summed E-state index contributed by atoms with van der Waals surface area (Å²) in [4.78, 5) is 55.2. The first-order valence-corrected chi connectivity index (χ1v) is 10.4. The fraction of sp³-hybridized carbons (Fsp3) is 0.350. The Kier molecular flexibility index (Phi) is 6.64. The number of nitrogens with zero attached hydrogens (tertiary/aromatic N) is 5. The molecule has 2 aromatic heterocycles. The van der Waals surface area contributed by atoms with Gasteiger partial charge in [0.05, 0.1) is 12.0 Å². The zero-order valence-corrected chi connectivity index (χ0v) is 18.6. The van der Waals surface area contributed by atoms with Gasteiger partial charge in [-0.3, -0.25) is 23.5 Å². The first kappa shape index (κ1) is 22.3. The Hall–Kier alpha value is -3.34. The maximum absolute atomic E-state index is 12.5. The predicted octanol–water partition coefficient (Wildman–Crippen LogP) is 1.63. The van der Waals surface area contributed by atoms with Crippen molar-refractivity contribution in [2.45, 2.75) is 24.3 Å². The molecule has 0 atom stereocenters. The quantitative estimate of drug-likeness (QED) is 0.579. The molecular formula is C20H24N6O4S. The lowest BCUT2D eigenvalue weighted by Crippen LogP contribution is -2.37. The number of hydrogen-bond acceptors (Lipinski definition) is 6. The van der Waals surface area contributed by atoms with Crippen molar-refractivity contribution in [3.05, 3.63) is 51.4 Å². The summed E-state index contributed by atoms with van der Waals surface area (Å²) in [7, 11) is 6.32. The number of aromatic nitrogens is 4. The van der Waals surface area contributed by atoms with Gasteiger partial charge in [0, 0.05) is 46.1 Å². The van der Waals surface area contributed by atoms with Crippen molar-refractivity contribution >= 4 is 39.8 Å². The van der Waals surface area contributed by atoms with Gasteiger partial charge in [0.1, 0.15) is 0 Å². The van der Waals surface area contributed by atoms with E-state index < -0.39 is 11.2 Å². The zero-order chi connectivity index (χ0) is 22.7. The van der Waals surface area contributed by atoms with Crippen LogP contribution in [0.15, 0.2) is 45.1 Å². The number of rotatable bonds is 6. The Morgan fingerprint density at radius 3 is 2.55 bits per heavy atom. The second-order valence-corrected chi connectivity index (χ2v) is 8.22. The molecule has 11 heteroatoms. The molecule has 1 aromatic carbocycles. The smallest absolute Gasteiger partial charge is 0.332 e. The maximum atomic E-state index is 12.5. The molecule has 0 spiro atoms. The van der Waals surface area contributed by atoms with Gasteiger partial charge in [-0.2, -0.15) is 0 Å². The van der Waals surface area contributed by atoms with Crippen LogP contribution in [0, 0.1) is 0 Å². The first-order valence-electron chi connectivity index (χ1n) is 9.59. The van der Waals surface area contributed by atoms with Crippen LogP contribution in [0.3, 0.4) is 0 Å². The highest BCUT2D eigenvalue weighted by Gasteiger charge is 2.15. The minimum atomic E-state index is -0.439. The van der Waals surface area contributed by atoms with Gasteiger partial charge in [0.25, 0.3) is 10.8 Å². The van der Waals surface area contributed by atoms with E-state index in [-0.39, 0.29) is 17.6 Å². The average molecular weight is 445 g/mol. The monoisotopic (exact) mass is 444 g/mol. The Morgan fingerprint density at radius 1 is 1.13 bits per heavy atom. The number of anilines is 1. The number of fused-ring (bicyclic) bond motifs is 1. The Morgan fingerprint density at radius 2 is 1.84 bits per heavy atom. The van der Waals surface area contributed by atoms with Gasteiger partial charge in [-0.1, -0.05) is 12.1 Å². The molecule has 0 fully saturated rings. The van der Waals surface area contributed by atoms with Crippen LogP contribution in [0.25, 0.3) is 11.2 Å². The SMILES string of the molecule is CN(C)C(=O)Sc1ccccc1NC(=O)CCCn1cnc2c1c(=O)n(C)c(=O)n2C. The standard InChI is InChI=1S/C20H24N6O4S/c1-23(2)20(30)31-14-9-6-5-8-13(14)22-15(27)10-7-11-26-12-21-17-16(26)18(28)25(4)19(29)24(17)3/h5-6,8-9,12H,7,10-11H2,1-4H3,(H,22,27). The number of hydrogen-bond donors (Lipinski definition) is 1. The molecule has 2 amide bonds. The van der Waals surface area contributed by atoms with E-state index in [1.807, 2.05) is 0 Å². The zero-order valence-electron chi connectivity index (χ0n) is 17.8. The summed E-state index contributed by atoms with van der Waals surface area (Å²) in [6.07, 6.45) is 2.18. The number of para-hydroxylation sites is 1. The van der Waals surface area contributed by atoms with Gasteiger partial charge < -0.3 is 14.8 Å². The second-order valence-electron chi connectivity index (χ2n) is 7.23. The van der Waals surface area contributed by atoms with E-state index in [0.717, 1.165) is 16.3 Å². The summed E-state index contributed by atoms with van der Waals surface area (Å²) in [5, 5.41) is 2.71. The largest absolute Gasteiger partial charge is 0.339 e. The Labute approximate surface area is 182 Å². The van der Waals surface area contributed by atoms with Crippen molar-refractivity contribution in [3.63, 3.8) is 0 Å². The molecule has 0 aliphatic carbocycles. The second kappa shape index (κ2) is 9.21. The molecule has 31 heavy (non-hydrogen) atoms. The van der Waals surface area contributed by atoms with E-state index in [1.54, 1.807) is 50.0 Å². The van der Waals surface area contributed by atoms with Crippen LogP contribution < -0.4 is 16.6 Å². The highest BCUT2D eigenvalue weighted by Crippen LogP contribution is 2.28. The number of carbonyl (C=O) groups is 2. The summed E-state index contributed by atoms with van der Waals surface area (Å²) in [6.45, 7) is 0.396. The van der Waals surface area contributed by atoms with E-state index in [1.165, 1.54) is 22.8 Å². The van der Waals surface area contributed by atoms with E-state index in [0.29, 0.717) is 34.7 Å². The van der Waals surface area contributed by atoms with Crippen molar-refractivity contribution in [2.24, 2.45) is 14.1 Å². The number of amides is 2. The molecular weight excluding hydrogens is 420 g/mol. The molecule has 0 aliphatic heterocycles. The fourth-order valence-electron chi connectivity index (χ4n) is 3.03. The number of imidazole rings is 1. The van der Waals surface area contributed by atoms with E-state index in [2.05, 4.69) is 10.3 Å². The molecule has 3 aromatic rings. The molecule has 164 valence electrons. The van der Waals surface area contributed by atoms with E-state index in [4.69, 9.17) is 0 Å². The number of benzene rings is 1. The van der Waals surface area contributed by atoms with E-state index in [9.17, 15) is 19.2 Å². The molecule has 0 unspecified atom stereocenters. The van der Waals surface area contributed by atoms with Crippen LogP contribution in [-0.2, 0) is 25.4 Å². The van der Waals surface area contributed by atoms with Gasteiger partial charge >= 0.3 is 5.69 Å². The third kappa shape index (κ3) is 4.71. The summed E-state index contributed by atoms with van der Waals surface area (Å²) in [5.41, 5.74) is 0.357. The number of carbonyl (C=O) groups excluding carboxylic acids is 2. The number of nitrogens with one attached hydrogen (secondary N) is 1. The van der Waals surface area contributed by atoms with Crippen molar-refractivity contribution in [3.8, 4) is 0 Å². The van der Waals surface area contributed by atoms with E-state index >= 15 is 0 Å². The highest BCUT2D eigenvalue weighted by atomic mass is 32.2. The normalized spacial score (nSPS) is 11.0. The molecule has 2 heterocycles. The van der Waals surface area contributed by atoms with Crippen LogP contribution in [0.5, 0.6) is 0 Å². The lowest BCUT2D eigenvalue weighted by Gasteiger charge is -2.13. The summed E-state index contributed by atoms with van der Waals surface area (Å²) in [6, 6.07) is 7.12. The van der Waals surface area contributed by atoms with Crippen molar-refractivity contribution in [2.75, 3.05) is 19.4 Å². The van der Waals surface area contributed by atoms with Gasteiger partial charge in [-0.15, -0.1) is 0 Å². The number of aryl methyl sites for hydroxylation is 2. The van der Waals surface area contributed by atoms with Crippen molar-refractivity contribution < 1.29 is 9.59 Å². The maximum Gasteiger partial charge on any atom is 0.332 e. The van der Waals surface area contributed by atoms with Crippen LogP contribution in [-0.4, -0.2) is 48.8 Å². The molecule has 0 radical (unpaired) electrons. The lowest BCUT2D eigenvalue weighted by molar-refractivity contribution is -0.116. The van der Waals surface area contributed by atoms with Gasteiger partial charge in [0.15, 0.2) is 11.2 Å². The number of thioether (sulfide) groups is 1. The van der Waals surface area contributed by atoms with Gasteiger partial charge in [0.2, 0.25) is 5.91 Å². The van der Waals surface area contributed by atoms with Crippen LogP contribution >= 0.6 is 11.8 Å². The molecule has 3 rings (SSSR count). The van der Waals surface area contributed by atoms with Crippen LogP contribution in [0.4, 0.5) is 10.5 Å². The van der Waals surface area contributed by atoms with Gasteiger partial charge in [-0.25, -0.2) is 9.78 Å². The minimum absolute atomic E-state index is 0.135. The molecule has 10 nitrogen and oxygen atoms in total. The summed E-state index contributed by atoms with van der Waals surface area (Å²) < 4.78 is 4.02. The third-order valence-corrected chi connectivity index (χ3v) is 5.86. The highest BCUT2D eigenvalue weighted by molar-refractivity contribution is 8.13. The Balaban J connectivity index is 1.67. The van der Waals surface area contributed by atoms with Crippen molar-refractivity contribution in [1.29, 1.82) is 0 Å². The lowest BCUT2D eigenvalue weighted by atomic mass is 10.2. The Bertz CT molecular complexity index is 1260.